The van der Waals surface area contributed by atoms with Gasteiger partial charge in [-0.2, -0.15) is 0 Å². The van der Waals surface area contributed by atoms with Crippen molar-refractivity contribution in [3.63, 3.8) is 0 Å². The topological polar surface area (TPSA) is 24.1 Å². The molecular weight excluding hydrogens is 292 g/mol. The van der Waals surface area contributed by atoms with Crippen molar-refractivity contribution < 1.29 is 0 Å². The molecule has 2 nitrogen and oxygen atoms in total. The van der Waals surface area contributed by atoms with Crippen LogP contribution in [-0.2, 0) is 0 Å². The minimum Gasteiger partial charge on any atom is -0.383 e. The van der Waals surface area contributed by atoms with E-state index < -0.39 is 0 Å². The summed E-state index contributed by atoms with van der Waals surface area (Å²) in [6.45, 7) is 9.11. The van der Waals surface area contributed by atoms with Crippen LogP contribution in [-0.4, -0.2) is 12.1 Å². The summed E-state index contributed by atoms with van der Waals surface area (Å²) in [6, 6.07) is 9.92. The first kappa shape index (κ1) is 20.9. The van der Waals surface area contributed by atoms with Crippen LogP contribution in [0, 0.1) is 0 Å². The first-order valence-electron chi connectivity index (χ1n) is 10.3. The van der Waals surface area contributed by atoms with Crippen molar-refractivity contribution >= 4 is 11.4 Å². The third-order valence-corrected chi connectivity index (χ3v) is 4.69. The van der Waals surface area contributed by atoms with Crippen LogP contribution in [0.2, 0.25) is 0 Å². The Morgan fingerprint density at radius 2 is 1.00 bits per heavy atom. The number of anilines is 2. The van der Waals surface area contributed by atoms with Gasteiger partial charge < -0.3 is 10.6 Å². The second-order valence-corrected chi connectivity index (χ2v) is 7.37. The first-order chi connectivity index (χ1) is 11.7. The van der Waals surface area contributed by atoms with E-state index in [-0.39, 0.29) is 0 Å². The van der Waals surface area contributed by atoms with Gasteiger partial charge in [-0.25, -0.2) is 0 Å². The van der Waals surface area contributed by atoms with E-state index in [4.69, 9.17) is 0 Å². The molecule has 0 aliphatic carbocycles. The fourth-order valence-electron chi connectivity index (χ4n) is 3.13. The Kier molecular flexibility index (Phi) is 11.4. The van der Waals surface area contributed by atoms with Crippen molar-refractivity contribution in [2.75, 3.05) is 10.6 Å². The summed E-state index contributed by atoms with van der Waals surface area (Å²) in [7, 11) is 0. The molecule has 0 heterocycles. The highest BCUT2D eigenvalue weighted by Crippen LogP contribution is 2.18. The Balaban J connectivity index is 2.26. The highest BCUT2D eigenvalue weighted by Gasteiger charge is 2.04. The molecule has 2 N–H and O–H groups in total. The van der Waals surface area contributed by atoms with Crippen molar-refractivity contribution in [3.05, 3.63) is 24.3 Å². The number of benzene rings is 1. The van der Waals surface area contributed by atoms with Crippen LogP contribution < -0.4 is 10.6 Å². The van der Waals surface area contributed by atoms with Crippen molar-refractivity contribution in [3.8, 4) is 0 Å². The van der Waals surface area contributed by atoms with Gasteiger partial charge in [-0.3, -0.25) is 0 Å². The molecule has 1 aromatic carbocycles. The van der Waals surface area contributed by atoms with E-state index in [1.165, 1.54) is 75.6 Å². The molecule has 2 unspecified atom stereocenters. The van der Waals surface area contributed by atoms with Gasteiger partial charge in [0.2, 0.25) is 0 Å². The summed E-state index contributed by atoms with van der Waals surface area (Å²) < 4.78 is 0. The molecule has 0 saturated carbocycles. The summed E-state index contributed by atoms with van der Waals surface area (Å²) >= 11 is 0. The zero-order valence-corrected chi connectivity index (χ0v) is 16.5. The van der Waals surface area contributed by atoms with Gasteiger partial charge in [-0.15, -0.1) is 0 Å². The molecular formula is C22H40N2. The lowest BCUT2D eigenvalue weighted by atomic mass is 10.1. The summed E-state index contributed by atoms with van der Waals surface area (Å²) in [6.07, 6.45) is 13.3. The normalized spacial score (nSPS) is 13.5. The van der Waals surface area contributed by atoms with E-state index in [1.54, 1.807) is 0 Å². The fourth-order valence-corrected chi connectivity index (χ4v) is 3.13. The third-order valence-electron chi connectivity index (χ3n) is 4.69. The molecule has 0 aliphatic rings. The van der Waals surface area contributed by atoms with Crippen LogP contribution >= 0.6 is 0 Å². The summed E-state index contributed by atoms with van der Waals surface area (Å²) in [5.41, 5.74) is 2.47. The Labute approximate surface area is 150 Å². The van der Waals surface area contributed by atoms with Crippen molar-refractivity contribution in [1.29, 1.82) is 0 Å². The van der Waals surface area contributed by atoms with Gasteiger partial charge in [-0.1, -0.05) is 65.2 Å². The Morgan fingerprint density at radius 3 is 1.33 bits per heavy atom. The Morgan fingerprint density at radius 1 is 0.625 bits per heavy atom. The SMILES string of the molecule is CCCCCCC(C)Nc1ccc(NC(C)CCCCCC)cc1. The van der Waals surface area contributed by atoms with E-state index in [0.717, 1.165) is 0 Å². The standard InChI is InChI=1S/C22H40N2/c1-5-7-9-11-13-19(3)23-21-15-17-22(18-16-21)24-20(4)14-12-10-8-6-2/h15-20,23-24H,5-14H2,1-4H3. The number of rotatable bonds is 14. The van der Waals surface area contributed by atoms with Crippen LogP contribution in [0.25, 0.3) is 0 Å². The minimum absolute atomic E-state index is 0.554. The zero-order valence-electron chi connectivity index (χ0n) is 16.5. The number of unbranched alkanes of at least 4 members (excludes halogenated alkanes) is 6. The molecule has 2 atom stereocenters. The van der Waals surface area contributed by atoms with Crippen molar-refractivity contribution in [1.82, 2.24) is 0 Å². The Hall–Kier alpha value is -1.18. The lowest BCUT2D eigenvalue weighted by Crippen LogP contribution is -2.16. The van der Waals surface area contributed by atoms with E-state index in [0.29, 0.717) is 12.1 Å². The lowest BCUT2D eigenvalue weighted by molar-refractivity contribution is 0.593. The van der Waals surface area contributed by atoms with E-state index in [9.17, 15) is 0 Å². The lowest BCUT2D eigenvalue weighted by Gasteiger charge is -2.17. The highest BCUT2D eigenvalue weighted by molar-refractivity contribution is 5.54. The predicted molar refractivity (Wildman–Crippen MR) is 110 cm³/mol. The molecule has 0 amide bonds. The predicted octanol–water partition coefficient (Wildman–Crippen LogP) is 7.23. The largest absolute Gasteiger partial charge is 0.383 e. The summed E-state index contributed by atoms with van der Waals surface area (Å²) in [4.78, 5) is 0. The molecule has 0 radical (unpaired) electrons. The van der Waals surface area contributed by atoms with Crippen LogP contribution in [0.3, 0.4) is 0 Å². The molecule has 0 bridgehead atoms. The second-order valence-electron chi connectivity index (χ2n) is 7.37. The van der Waals surface area contributed by atoms with E-state index in [1.807, 2.05) is 0 Å². The average molecular weight is 333 g/mol. The minimum atomic E-state index is 0.554. The van der Waals surface area contributed by atoms with Gasteiger partial charge in [-0.05, 0) is 51.0 Å². The smallest absolute Gasteiger partial charge is 0.0343 e. The highest BCUT2D eigenvalue weighted by atomic mass is 14.9. The maximum atomic E-state index is 3.62. The molecule has 1 rings (SSSR count). The maximum absolute atomic E-state index is 3.62. The second kappa shape index (κ2) is 13.1. The summed E-state index contributed by atoms with van der Waals surface area (Å²) in [5.74, 6) is 0. The van der Waals surface area contributed by atoms with Gasteiger partial charge in [0.1, 0.15) is 0 Å². The first-order valence-corrected chi connectivity index (χ1v) is 10.3. The molecule has 0 saturated heterocycles. The van der Waals surface area contributed by atoms with Gasteiger partial charge >= 0.3 is 0 Å². The molecule has 0 fully saturated rings. The van der Waals surface area contributed by atoms with Crippen LogP contribution in [0.5, 0.6) is 0 Å². The van der Waals surface area contributed by atoms with Crippen molar-refractivity contribution in [2.45, 2.75) is 104 Å². The van der Waals surface area contributed by atoms with Gasteiger partial charge in [0.25, 0.3) is 0 Å². The quantitative estimate of drug-likeness (QED) is 0.351. The number of hydrogen-bond acceptors (Lipinski definition) is 2. The zero-order chi connectivity index (χ0) is 17.6. The van der Waals surface area contributed by atoms with Gasteiger partial charge in [0.15, 0.2) is 0 Å². The maximum Gasteiger partial charge on any atom is 0.0343 e. The molecule has 1 aromatic rings. The van der Waals surface area contributed by atoms with E-state index in [2.05, 4.69) is 62.6 Å². The van der Waals surface area contributed by atoms with E-state index >= 15 is 0 Å². The monoisotopic (exact) mass is 332 g/mol. The van der Waals surface area contributed by atoms with Crippen LogP contribution in [0.1, 0.15) is 91.9 Å². The van der Waals surface area contributed by atoms with Gasteiger partial charge in [0.05, 0.1) is 0 Å². The molecule has 0 aliphatic heterocycles. The molecule has 138 valence electrons. The molecule has 0 spiro atoms. The van der Waals surface area contributed by atoms with Crippen LogP contribution in [0.4, 0.5) is 11.4 Å². The van der Waals surface area contributed by atoms with Gasteiger partial charge in [0, 0.05) is 23.5 Å². The van der Waals surface area contributed by atoms with Crippen molar-refractivity contribution in [2.24, 2.45) is 0 Å². The Bertz CT molecular complexity index is 360. The number of hydrogen-bond donors (Lipinski definition) is 2. The average Bonchev–Trinajstić information content (AvgIpc) is 2.57. The number of nitrogens with one attached hydrogen (secondary N) is 2. The summed E-state index contributed by atoms with van der Waals surface area (Å²) in [5, 5.41) is 7.24. The van der Waals surface area contributed by atoms with Crippen LogP contribution in [0.15, 0.2) is 24.3 Å². The molecule has 24 heavy (non-hydrogen) atoms. The molecule has 2 heteroatoms. The molecule has 0 aromatic heterocycles. The fraction of sp³-hybridized carbons (Fsp3) is 0.727. The third kappa shape index (κ3) is 9.85.